The van der Waals surface area contributed by atoms with Gasteiger partial charge in [-0.25, -0.2) is 0 Å². The minimum Gasteiger partial charge on any atom is -0.396 e. The van der Waals surface area contributed by atoms with Crippen molar-refractivity contribution in [2.45, 2.75) is 187 Å². The molecule has 13 N–H and O–H groups in total. The molecule has 24 nitrogen and oxygen atoms in total. The van der Waals surface area contributed by atoms with Crippen LogP contribution in [-0.4, -0.2) is 246 Å². The zero-order valence-electron chi connectivity index (χ0n) is 39.6. The lowest BCUT2D eigenvalue weighted by atomic mass is 9.51. The van der Waals surface area contributed by atoms with Crippen LogP contribution in [0.25, 0.3) is 0 Å². The van der Waals surface area contributed by atoms with Gasteiger partial charge in [0, 0.05) is 35.2 Å². The Hall–Kier alpha value is -1.77. The van der Waals surface area contributed by atoms with Crippen molar-refractivity contribution in [1.29, 1.82) is 0 Å². The van der Waals surface area contributed by atoms with Gasteiger partial charge in [0.1, 0.15) is 78.8 Å². The fraction of sp³-hybridized carbons (Fsp3) is 0.894. The Morgan fingerprint density at radius 1 is 0.746 bits per heavy atom. The molecule has 6 saturated heterocycles. The maximum atomic E-state index is 14.7. The van der Waals surface area contributed by atoms with E-state index in [1.165, 1.54) is 6.92 Å². The summed E-state index contributed by atoms with van der Waals surface area (Å²) in [6, 6.07) is 0. The third-order valence-electron chi connectivity index (χ3n) is 17.6. The molecule has 0 aromatic carbocycles. The second-order valence-electron chi connectivity index (χ2n) is 21.7. The zero-order chi connectivity index (χ0) is 50.8. The summed E-state index contributed by atoms with van der Waals surface area (Å²) in [5.41, 5.74) is -0.758. The molecule has 71 heavy (non-hydrogen) atoms. The molecule has 0 aromatic heterocycles. The predicted octanol–water partition coefficient (Wildman–Crippen LogP) is -5.30. The van der Waals surface area contributed by atoms with Crippen molar-refractivity contribution in [3.8, 4) is 0 Å². The van der Waals surface area contributed by atoms with Crippen LogP contribution < -0.4 is 0 Å². The summed E-state index contributed by atoms with van der Waals surface area (Å²) in [5, 5.41) is 142. The predicted molar refractivity (Wildman–Crippen MR) is 230 cm³/mol. The number of Topliss-reactive ketones (excluding diaryl/α,β-unsaturated/α-hetero) is 1. The molecule has 402 valence electrons. The number of carbonyl (C=O) groups excluding carboxylic acids is 1. The lowest BCUT2D eigenvalue weighted by molar-refractivity contribution is -0.387. The lowest BCUT2D eigenvalue weighted by Gasteiger charge is -2.57. The van der Waals surface area contributed by atoms with Gasteiger partial charge in [0.25, 0.3) is 0 Å². The fourth-order valence-electron chi connectivity index (χ4n) is 13.4. The summed E-state index contributed by atoms with van der Waals surface area (Å²) < 4.78 is 61.0. The standard InChI is InChI=1S/C47H70O24/c1-16-11-65-47(39(59)29(16)53)23(10-48)28-21-6-7-22-20(27(21)32(56)36(28)71-47)5-4-18-8-19(50)9-26(45(18,22)3)67-43-38(35(25(52)13-63-43)68-41-33(57)31(55)24(51)12-62-41)70-42-34(58)37(30(54)17(2)66-42)69-44-40(60)46(61,14-49)15-64-44/h4,16-17,19-20,22-26,28-31,33-44,48-55,57-61H,5-15H2,1-3H3/t16-,17-,19+,20+,22-,23-,24+,25-,26+,28-,29-,30-,31-,33+,34+,35-,36+,37+,38+,39-,40-,41-,42-,43-,44-,45-,46+,47-/m0/s1. The quantitative estimate of drug-likeness (QED) is 0.0909. The molecule has 0 aromatic rings. The van der Waals surface area contributed by atoms with Crippen LogP contribution in [0.2, 0.25) is 0 Å². The minimum absolute atomic E-state index is 0.0501. The smallest absolute Gasteiger partial charge is 0.203 e. The number of allylic oxidation sites excluding steroid dienone is 1. The molecule has 24 heteroatoms. The van der Waals surface area contributed by atoms with Gasteiger partial charge < -0.3 is 114 Å². The summed E-state index contributed by atoms with van der Waals surface area (Å²) in [5.74, 6) is -4.60. The van der Waals surface area contributed by atoms with Crippen molar-refractivity contribution in [3.63, 3.8) is 0 Å². The van der Waals surface area contributed by atoms with Crippen LogP contribution in [0.1, 0.15) is 52.9 Å². The van der Waals surface area contributed by atoms with E-state index in [9.17, 15) is 71.2 Å². The third-order valence-corrected chi connectivity index (χ3v) is 17.6. The number of hydrogen-bond acceptors (Lipinski definition) is 24. The van der Waals surface area contributed by atoms with Crippen LogP contribution >= 0.6 is 0 Å². The van der Waals surface area contributed by atoms with Crippen molar-refractivity contribution in [3.05, 3.63) is 22.8 Å². The highest BCUT2D eigenvalue weighted by molar-refractivity contribution is 6.04. The van der Waals surface area contributed by atoms with Crippen molar-refractivity contribution in [1.82, 2.24) is 0 Å². The van der Waals surface area contributed by atoms with E-state index in [0.29, 0.717) is 31.3 Å². The van der Waals surface area contributed by atoms with Gasteiger partial charge in [-0.05, 0) is 44.4 Å². The molecular weight excluding hydrogens is 948 g/mol. The SMILES string of the molecule is C[C@@H]1O[C@@H](O[C@H]2[C@H](O[C@@H]3C[C@H](O)CC4=CC[C@H]5C6=C(CC[C@@H]5[C@]43C)[C@@H]3[C@@H](O[C@@]4(OC[C@H](C)[C@H](O)[C@@H]4O)[C@H]3CO)C6=O)OC[C@H](O)[C@@H]2O[C@@H]2OC[C@@H](O)[C@H](O)[C@H]2O)[C@H](O)[C@H](O[C@@H]2OC[C@](O)(CO)[C@H]2O)[C@H]1O. The molecule has 28 atom stereocenters. The molecule has 0 bridgehead atoms. The molecule has 0 unspecified atom stereocenters. The summed E-state index contributed by atoms with van der Waals surface area (Å²) >= 11 is 0. The molecule has 6 aliphatic heterocycles. The first-order valence-corrected chi connectivity index (χ1v) is 24.8. The van der Waals surface area contributed by atoms with E-state index in [1.807, 2.05) is 13.0 Å². The summed E-state index contributed by atoms with van der Waals surface area (Å²) in [6.45, 7) is 2.37. The molecule has 0 radical (unpaired) electrons. The highest BCUT2D eigenvalue weighted by atomic mass is 16.8. The fourth-order valence-corrected chi connectivity index (χ4v) is 13.4. The Morgan fingerprint density at radius 3 is 2.17 bits per heavy atom. The average molecular weight is 1020 g/mol. The highest BCUT2D eigenvalue weighted by Gasteiger charge is 2.69. The van der Waals surface area contributed by atoms with Gasteiger partial charge in [-0.2, -0.15) is 0 Å². The number of ether oxygens (including phenoxy) is 10. The van der Waals surface area contributed by atoms with E-state index in [-0.39, 0.29) is 30.6 Å². The van der Waals surface area contributed by atoms with E-state index in [0.717, 1.165) is 11.1 Å². The number of ketones is 1. The van der Waals surface area contributed by atoms with Gasteiger partial charge in [-0.3, -0.25) is 4.79 Å². The highest BCUT2D eigenvalue weighted by Crippen LogP contribution is 2.64. The van der Waals surface area contributed by atoms with Crippen LogP contribution in [0.4, 0.5) is 0 Å². The first-order chi connectivity index (χ1) is 33.7. The molecule has 6 heterocycles. The van der Waals surface area contributed by atoms with E-state index >= 15 is 0 Å². The van der Waals surface area contributed by atoms with Crippen LogP contribution in [0, 0.1) is 35.0 Å². The maximum absolute atomic E-state index is 14.7. The van der Waals surface area contributed by atoms with Gasteiger partial charge in [-0.15, -0.1) is 0 Å². The monoisotopic (exact) mass is 1020 g/mol. The van der Waals surface area contributed by atoms with Crippen molar-refractivity contribution in [2.24, 2.45) is 35.0 Å². The lowest BCUT2D eigenvalue weighted by Crippen LogP contribution is -2.65. The molecule has 7 fully saturated rings. The van der Waals surface area contributed by atoms with Crippen LogP contribution in [0.3, 0.4) is 0 Å². The van der Waals surface area contributed by atoms with Crippen molar-refractivity contribution in [2.75, 3.05) is 39.6 Å². The van der Waals surface area contributed by atoms with Crippen LogP contribution in [0.5, 0.6) is 0 Å². The van der Waals surface area contributed by atoms with Gasteiger partial charge in [0.2, 0.25) is 5.79 Å². The molecule has 1 spiro atoms. The number of aliphatic hydroxyl groups is 13. The molecule has 10 rings (SSSR count). The summed E-state index contributed by atoms with van der Waals surface area (Å²) in [7, 11) is 0. The summed E-state index contributed by atoms with van der Waals surface area (Å²) in [6.07, 6.45) is -26.3. The second-order valence-corrected chi connectivity index (χ2v) is 21.7. The Labute approximate surface area is 408 Å². The van der Waals surface area contributed by atoms with Crippen molar-refractivity contribution >= 4 is 5.78 Å². The largest absolute Gasteiger partial charge is 0.396 e. The van der Waals surface area contributed by atoms with Gasteiger partial charge >= 0.3 is 0 Å². The topological polar surface area (TPSA) is 372 Å². The average Bonchev–Trinajstić information content (AvgIpc) is 3.94. The van der Waals surface area contributed by atoms with Crippen LogP contribution in [-0.2, 0) is 52.2 Å². The maximum Gasteiger partial charge on any atom is 0.203 e. The van der Waals surface area contributed by atoms with Crippen molar-refractivity contribution < 1.29 is 119 Å². The number of aliphatic hydroxyl groups excluding tert-OH is 12. The Kier molecular flexibility index (Phi) is 14.6. The zero-order valence-corrected chi connectivity index (χ0v) is 39.6. The molecule has 4 aliphatic carbocycles. The molecule has 0 amide bonds. The van der Waals surface area contributed by atoms with E-state index in [1.54, 1.807) is 6.92 Å². The number of hydrogen-bond donors (Lipinski definition) is 13. The first kappa shape index (κ1) is 52.7. The van der Waals surface area contributed by atoms with E-state index in [2.05, 4.69) is 0 Å². The van der Waals surface area contributed by atoms with Gasteiger partial charge in [-0.1, -0.05) is 31.1 Å². The Bertz CT molecular complexity index is 2030. The third kappa shape index (κ3) is 8.45. The van der Waals surface area contributed by atoms with E-state index < -0.39 is 190 Å². The van der Waals surface area contributed by atoms with Gasteiger partial charge in [0.05, 0.1) is 64.1 Å². The Morgan fingerprint density at radius 2 is 1.45 bits per heavy atom. The van der Waals surface area contributed by atoms with Crippen LogP contribution in [0.15, 0.2) is 22.8 Å². The van der Waals surface area contributed by atoms with E-state index in [4.69, 9.17) is 47.4 Å². The number of carbonyl (C=O) groups is 1. The van der Waals surface area contributed by atoms with Gasteiger partial charge in [0.15, 0.2) is 30.9 Å². The Balaban J connectivity index is 0.948. The molecule has 10 aliphatic rings. The normalized spacial score (nSPS) is 55.2. The minimum atomic E-state index is -2.11. The summed E-state index contributed by atoms with van der Waals surface area (Å²) in [4.78, 5) is 14.7. The molecular formula is C47H70O24. The molecule has 1 saturated carbocycles. The second kappa shape index (κ2) is 19.7. The first-order valence-electron chi connectivity index (χ1n) is 24.8. The number of fused-ring (bicyclic) bond motifs is 6. The number of rotatable bonds is 10.